The minimum atomic E-state index is -1.03. The van der Waals surface area contributed by atoms with Crippen molar-refractivity contribution in [3.05, 3.63) is 23.2 Å². The van der Waals surface area contributed by atoms with Gasteiger partial charge in [-0.2, -0.15) is 0 Å². The van der Waals surface area contributed by atoms with E-state index in [1.54, 1.807) is 13.0 Å². The molecule has 0 radical (unpaired) electrons. The van der Waals surface area contributed by atoms with Crippen molar-refractivity contribution in [2.24, 2.45) is 5.92 Å². The molecule has 4 heteroatoms. The number of carbonyl (C=O) groups is 1. The Kier molecular flexibility index (Phi) is 4.64. The van der Waals surface area contributed by atoms with E-state index < -0.39 is 5.97 Å². The number of hydrogen-bond acceptors (Lipinski definition) is 3. The molecule has 2 unspecified atom stereocenters. The van der Waals surface area contributed by atoms with E-state index in [4.69, 9.17) is 14.3 Å². The van der Waals surface area contributed by atoms with Gasteiger partial charge in [0.15, 0.2) is 0 Å². The molecule has 1 aliphatic carbocycles. The highest BCUT2D eigenvalue weighted by Gasteiger charge is 2.22. The summed E-state index contributed by atoms with van der Waals surface area (Å²) in [7, 11) is 0. The first-order valence-corrected chi connectivity index (χ1v) is 7.04. The van der Waals surface area contributed by atoms with Crippen LogP contribution in [0.1, 0.15) is 60.9 Å². The van der Waals surface area contributed by atoms with Crippen LogP contribution in [-0.4, -0.2) is 17.2 Å². The summed E-state index contributed by atoms with van der Waals surface area (Å²) in [6.45, 7) is 4.46. The number of carboxylic acid groups (broad SMARTS) is 1. The highest BCUT2D eigenvalue weighted by atomic mass is 16.5. The lowest BCUT2D eigenvalue weighted by atomic mass is 9.85. The molecule has 19 heavy (non-hydrogen) atoms. The van der Waals surface area contributed by atoms with Gasteiger partial charge in [0.05, 0.1) is 12.7 Å². The highest BCUT2D eigenvalue weighted by molar-refractivity contribution is 5.84. The van der Waals surface area contributed by atoms with Crippen LogP contribution in [0.3, 0.4) is 0 Å². The number of hydrogen-bond donors (Lipinski definition) is 1. The SMILES string of the molecule is CCC1CCCC(OCc2cc(C(=O)O)oc2C)C1. The van der Waals surface area contributed by atoms with Crippen molar-refractivity contribution < 1.29 is 19.1 Å². The predicted octanol–water partition coefficient (Wildman–Crippen LogP) is 3.77. The molecule has 2 atom stereocenters. The first kappa shape index (κ1) is 14.1. The molecular formula is C15H22O4. The topological polar surface area (TPSA) is 59.7 Å². The van der Waals surface area contributed by atoms with Crippen molar-refractivity contribution in [3.63, 3.8) is 0 Å². The van der Waals surface area contributed by atoms with E-state index in [1.165, 1.54) is 19.3 Å². The molecule has 1 heterocycles. The van der Waals surface area contributed by atoms with Gasteiger partial charge in [0.25, 0.3) is 0 Å². The summed E-state index contributed by atoms with van der Waals surface area (Å²) in [4.78, 5) is 10.8. The van der Waals surface area contributed by atoms with Crippen LogP contribution in [0.2, 0.25) is 0 Å². The fourth-order valence-electron chi connectivity index (χ4n) is 2.74. The Hall–Kier alpha value is -1.29. The normalized spacial score (nSPS) is 23.5. The number of carboxylic acids is 1. The van der Waals surface area contributed by atoms with Gasteiger partial charge in [-0.05, 0) is 31.7 Å². The van der Waals surface area contributed by atoms with Gasteiger partial charge >= 0.3 is 5.97 Å². The van der Waals surface area contributed by atoms with Gasteiger partial charge in [-0.1, -0.05) is 26.2 Å². The van der Waals surface area contributed by atoms with E-state index in [0.29, 0.717) is 18.5 Å². The number of aryl methyl sites for hydroxylation is 1. The van der Waals surface area contributed by atoms with Crippen LogP contribution in [0.15, 0.2) is 10.5 Å². The van der Waals surface area contributed by atoms with E-state index in [2.05, 4.69) is 6.92 Å². The average Bonchev–Trinajstić information content (AvgIpc) is 2.78. The summed E-state index contributed by atoms with van der Waals surface area (Å²) in [6, 6.07) is 1.57. The molecule has 1 N–H and O–H groups in total. The Labute approximate surface area is 113 Å². The van der Waals surface area contributed by atoms with Crippen molar-refractivity contribution >= 4 is 5.97 Å². The Bertz CT molecular complexity index is 435. The fraction of sp³-hybridized carbons (Fsp3) is 0.667. The van der Waals surface area contributed by atoms with Gasteiger partial charge in [-0.15, -0.1) is 0 Å². The minimum absolute atomic E-state index is 0.00817. The second kappa shape index (κ2) is 6.24. The fourth-order valence-corrected chi connectivity index (χ4v) is 2.74. The zero-order chi connectivity index (χ0) is 13.8. The summed E-state index contributed by atoms with van der Waals surface area (Å²) >= 11 is 0. The van der Waals surface area contributed by atoms with Crippen LogP contribution in [-0.2, 0) is 11.3 Å². The van der Waals surface area contributed by atoms with Crippen LogP contribution in [0.5, 0.6) is 0 Å². The van der Waals surface area contributed by atoms with Crippen molar-refractivity contribution in [1.29, 1.82) is 0 Å². The summed E-state index contributed by atoms with van der Waals surface area (Å²) in [5, 5.41) is 8.87. The number of furan rings is 1. The molecule has 2 rings (SSSR count). The van der Waals surface area contributed by atoms with Gasteiger partial charge in [-0.25, -0.2) is 4.79 Å². The zero-order valence-electron chi connectivity index (χ0n) is 11.6. The molecule has 106 valence electrons. The molecule has 0 spiro atoms. The van der Waals surface area contributed by atoms with Crippen molar-refractivity contribution in [1.82, 2.24) is 0 Å². The molecule has 0 saturated heterocycles. The largest absolute Gasteiger partial charge is 0.475 e. The standard InChI is InChI=1S/C15H22O4/c1-3-11-5-4-6-13(7-11)18-9-12-8-14(15(16)17)19-10(12)2/h8,11,13H,3-7,9H2,1-2H3,(H,16,17). The smallest absolute Gasteiger partial charge is 0.371 e. The van der Waals surface area contributed by atoms with Crippen molar-refractivity contribution in [3.8, 4) is 0 Å². The van der Waals surface area contributed by atoms with Gasteiger partial charge in [0.2, 0.25) is 5.76 Å². The van der Waals surface area contributed by atoms with Crippen LogP contribution < -0.4 is 0 Å². The monoisotopic (exact) mass is 266 g/mol. The first-order valence-electron chi connectivity index (χ1n) is 7.04. The first-order chi connectivity index (χ1) is 9.10. The second-order valence-corrected chi connectivity index (χ2v) is 5.37. The lowest BCUT2D eigenvalue weighted by Gasteiger charge is -2.28. The lowest BCUT2D eigenvalue weighted by Crippen LogP contribution is -2.22. The van der Waals surface area contributed by atoms with E-state index >= 15 is 0 Å². The number of aromatic carboxylic acids is 1. The predicted molar refractivity (Wildman–Crippen MR) is 71.2 cm³/mol. The second-order valence-electron chi connectivity index (χ2n) is 5.37. The molecule has 4 nitrogen and oxygen atoms in total. The van der Waals surface area contributed by atoms with Gasteiger partial charge < -0.3 is 14.3 Å². The molecule has 1 fully saturated rings. The Morgan fingerprint density at radius 3 is 2.95 bits per heavy atom. The molecular weight excluding hydrogens is 244 g/mol. The summed E-state index contributed by atoms with van der Waals surface area (Å²) in [6.07, 6.45) is 6.30. The van der Waals surface area contributed by atoms with Gasteiger partial charge in [-0.3, -0.25) is 0 Å². The maximum absolute atomic E-state index is 10.8. The van der Waals surface area contributed by atoms with Crippen LogP contribution in [0, 0.1) is 12.8 Å². The third-order valence-electron chi connectivity index (χ3n) is 4.02. The summed E-state index contributed by atoms with van der Waals surface area (Å²) < 4.78 is 11.1. The van der Waals surface area contributed by atoms with E-state index in [9.17, 15) is 4.79 Å². The number of rotatable bonds is 5. The molecule has 0 amide bonds. The summed E-state index contributed by atoms with van der Waals surface area (Å²) in [5.41, 5.74) is 0.844. The van der Waals surface area contributed by atoms with Gasteiger partial charge in [0, 0.05) is 5.56 Å². The van der Waals surface area contributed by atoms with E-state index in [1.807, 2.05) is 0 Å². The Balaban J connectivity index is 1.89. The molecule has 1 aromatic rings. The number of ether oxygens (including phenoxy) is 1. The highest BCUT2D eigenvalue weighted by Crippen LogP contribution is 2.29. The Morgan fingerprint density at radius 2 is 2.32 bits per heavy atom. The maximum Gasteiger partial charge on any atom is 0.371 e. The van der Waals surface area contributed by atoms with Crippen LogP contribution in [0.4, 0.5) is 0 Å². The molecule has 0 aromatic carbocycles. The average molecular weight is 266 g/mol. The van der Waals surface area contributed by atoms with Crippen molar-refractivity contribution in [2.75, 3.05) is 0 Å². The quantitative estimate of drug-likeness (QED) is 0.881. The third-order valence-corrected chi connectivity index (χ3v) is 4.02. The van der Waals surface area contributed by atoms with Crippen LogP contribution >= 0.6 is 0 Å². The molecule has 0 bridgehead atoms. The Morgan fingerprint density at radius 1 is 1.53 bits per heavy atom. The molecule has 0 aliphatic heterocycles. The molecule has 1 aliphatic rings. The maximum atomic E-state index is 10.8. The van der Waals surface area contributed by atoms with E-state index in [0.717, 1.165) is 24.3 Å². The van der Waals surface area contributed by atoms with E-state index in [-0.39, 0.29) is 5.76 Å². The van der Waals surface area contributed by atoms with Gasteiger partial charge in [0.1, 0.15) is 5.76 Å². The summed E-state index contributed by atoms with van der Waals surface area (Å²) in [5.74, 6) is 0.378. The minimum Gasteiger partial charge on any atom is -0.475 e. The van der Waals surface area contributed by atoms with Crippen LogP contribution in [0.25, 0.3) is 0 Å². The third kappa shape index (κ3) is 3.60. The molecule has 1 saturated carbocycles. The zero-order valence-corrected chi connectivity index (χ0v) is 11.6. The van der Waals surface area contributed by atoms with Crippen molar-refractivity contribution in [2.45, 2.75) is 58.7 Å². The lowest BCUT2D eigenvalue weighted by molar-refractivity contribution is 0.00134. The molecule has 1 aromatic heterocycles.